The van der Waals surface area contributed by atoms with E-state index in [9.17, 15) is 8.78 Å². The van der Waals surface area contributed by atoms with Gasteiger partial charge in [0.2, 0.25) is 0 Å². The van der Waals surface area contributed by atoms with Gasteiger partial charge in [0.1, 0.15) is 17.4 Å². The summed E-state index contributed by atoms with van der Waals surface area (Å²) in [6.45, 7) is 5.95. The molecule has 2 nitrogen and oxygen atoms in total. The smallest absolute Gasteiger partial charge is 0.131 e. The van der Waals surface area contributed by atoms with Crippen LogP contribution < -0.4 is 10.1 Å². The lowest BCUT2D eigenvalue weighted by molar-refractivity contribution is 0.242. The number of ether oxygens (including phenoxy) is 1. The third kappa shape index (κ3) is 3.94. The summed E-state index contributed by atoms with van der Waals surface area (Å²) < 4.78 is 32.7. The second-order valence-electron chi connectivity index (χ2n) is 5.20. The van der Waals surface area contributed by atoms with Gasteiger partial charge in [-0.2, -0.15) is 0 Å². The SMILES string of the molecule is Cc1cc(OC(C)C)ccc1NCc1c(F)cccc1F. The maximum Gasteiger partial charge on any atom is 0.131 e. The van der Waals surface area contributed by atoms with Crippen molar-refractivity contribution in [1.29, 1.82) is 0 Å². The molecule has 0 amide bonds. The van der Waals surface area contributed by atoms with Crippen LogP contribution in [0.15, 0.2) is 36.4 Å². The maximum atomic E-state index is 13.6. The highest BCUT2D eigenvalue weighted by Gasteiger charge is 2.09. The van der Waals surface area contributed by atoms with Gasteiger partial charge in [-0.3, -0.25) is 0 Å². The van der Waals surface area contributed by atoms with E-state index in [1.54, 1.807) is 0 Å². The van der Waals surface area contributed by atoms with Crippen molar-refractivity contribution in [2.75, 3.05) is 5.32 Å². The van der Waals surface area contributed by atoms with Crippen LogP contribution in [0.2, 0.25) is 0 Å². The molecule has 2 aromatic rings. The Morgan fingerprint density at radius 2 is 1.76 bits per heavy atom. The van der Waals surface area contributed by atoms with Crippen molar-refractivity contribution in [3.63, 3.8) is 0 Å². The van der Waals surface area contributed by atoms with Crippen LogP contribution >= 0.6 is 0 Å². The van der Waals surface area contributed by atoms with Crippen molar-refractivity contribution in [1.82, 2.24) is 0 Å². The lowest BCUT2D eigenvalue weighted by Gasteiger charge is -2.14. The normalized spacial score (nSPS) is 10.8. The number of aryl methyl sites for hydroxylation is 1. The van der Waals surface area contributed by atoms with Crippen molar-refractivity contribution in [3.8, 4) is 5.75 Å². The second kappa shape index (κ2) is 6.57. The van der Waals surface area contributed by atoms with E-state index >= 15 is 0 Å². The van der Waals surface area contributed by atoms with Crippen LogP contribution in [-0.4, -0.2) is 6.10 Å². The summed E-state index contributed by atoms with van der Waals surface area (Å²) in [5.74, 6) is -0.301. The van der Waals surface area contributed by atoms with Gasteiger partial charge in [-0.1, -0.05) is 6.07 Å². The third-order valence-electron chi connectivity index (χ3n) is 3.09. The van der Waals surface area contributed by atoms with Crippen LogP contribution in [0, 0.1) is 18.6 Å². The molecule has 21 heavy (non-hydrogen) atoms. The fourth-order valence-electron chi connectivity index (χ4n) is 2.06. The van der Waals surface area contributed by atoms with Crippen molar-refractivity contribution in [2.45, 2.75) is 33.4 Å². The number of anilines is 1. The monoisotopic (exact) mass is 291 g/mol. The molecular weight excluding hydrogens is 272 g/mol. The molecule has 0 aliphatic heterocycles. The van der Waals surface area contributed by atoms with E-state index in [2.05, 4.69) is 5.32 Å². The topological polar surface area (TPSA) is 21.3 Å². The lowest BCUT2D eigenvalue weighted by Crippen LogP contribution is -2.07. The van der Waals surface area contributed by atoms with Crippen LogP contribution in [0.4, 0.5) is 14.5 Å². The molecule has 2 rings (SSSR count). The maximum absolute atomic E-state index is 13.6. The van der Waals surface area contributed by atoms with Crippen LogP contribution in [0.3, 0.4) is 0 Å². The van der Waals surface area contributed by atoms with E-state index in [1.807, 2.05) is 39.0 Å². The third-order valence-corrected chi connectivity index (χ3v) is 3.09. The molecule has 0 fully saturated rings. The first kappa shape index (κ1) is 15.3. The molecule has 0 saturated carbocycles. The van der Waals surface area contributed by atoms with Gasteiger partial charge in [-0.05, 0) is 56.7 Å². The molecule has 0 atom stereocenters. The minimum atomic E-state index is -0.542. The molecule has 2 aromatic carbocycles. The molecule has 0 aliphatic carbocycles. The van der Waals surface area contributed by atoms with Crippen molar-refractivity contribution < 1.29 is 13.5 Å². The Morgan fingerprint density at radius 1 is 1.10 bits per heavy atom. The van der Waals surface area contributed by atoms with Crippen molar-refractivity contribution in [3.05, 3.63) is 59.2 Å². The number of benzene rings is 2. The average Bonchev–Trinajstić information content (AvgIpc) is 2.39. The van der Waals surface area contributed by atoms with Crippen LogP contribution in [0.25, 0.3) is 0 Å². The number of nitrogens with one attached hydrogen (secondary N) is 1. The molecule has 0 saturated heterocycles. The van der Waals surface area contributed by atoms with Crippen LogP contribution in [-0.2, 0) is 6.54 Å². The van der Waals surface area contributed by atoms with Gasteiger partial charge in [-0.15, -0.1) is 0 Å². The van der Waals surface area contributed by atoms with E-state index in [0.29, 0.717) is 0 Å². The second-order valence-corrected chi connectivity index (χ2v) is 5.20. The molecule has 0 aliphatic rings. The Balaban J connectivity index is 2.10. The largest absolute Gasteiger partial charge is 0.491 e. The van der Waals surface area contributed by atoms with Gasteiger partial charge < -0.3 is 10.1 Å². The zero-order valence-corrected chi connectivity index (χ0v) is 12.4. The van der Waals surface area contributed by atoms with E-state index in [4.69, 9.17) is 4.74 Å². The summed E-state index contributed by atoms with van der Waals surface area (Å²) in [5, 5.41) is 3.06. The highest BCUT2D eigenvalue weighted by Crippen LogP contribution is 2.23. The molecule has 4 heteroatoms. The Kier molecular flexibility index (Phi) is 4.78. The first-order valence-corrected chi connectivity index (χ1v) is 6.91. The molecule has 0 unspecified atom stereocenters. The van der Waals surface area contributed by atoms with Crippen molar-refractivity contribution in [2.24, 2.45) is 0 Å². The quantitative estimate of drug-likeness (QED) is 0.864. The predicted molar refractivity (Wildman–Crippen MR) is 80.6 cm³/mol. The standard InChI is InChI=1S/C17H19F2NO/c1-11(2)21-13-7-8-17(12(3)9-13)20-10-14-15(18)5-4-6-16(14)19/h4-9,11,20H,10H2,1-3H3. The minimum absolute atomic E-state index is 0.0411. The number of rotatable bonds is 5. The van der Waals surface area contributed by atoms with Gasteiger partial charge in [0.25, 0.3) is 0 Å². The van der Waals surface area contributed by atoms with Gasteiger partial charge >= 0.3 is 0 Å². The van der Waals surface area contributed by atoms with Gasteiger partial charge in [0.05, 0.1) is 6.10 Å². The van der Waals surface area contributed by atoms with Crippen molar-refractivity contribution >= 4 is 5.69 Å². The predicted octanol–water partition coefficient (Wildman–Crippen LogP) is 4.67. The summed E-state index contributed by atoms with van der Waals surface area (Å²) in [6, 6.07) is 9.47. The molecule has 1 N–H and O–H groups in total. The van der Waals surface area contributed by atoms with Crippen LogP contribution in [0.5, 0.6) is 5.75 Å². The highest BCUT2D eigenvalue weighted by molar-refractivity contribution is 5.54. The molecule has 0 bridgehead atoms. The first-order valence-electron chi connectivity index (χ1n) is 6.91. The highest BCUT2D eigenvalue weighted by atomic mass is 19.1. The van der Waals surface area contributed by atoms with E-state index in [1.165, 1.54) is 18.2 Å². The lowest BCUT2D eigenvalue weighted by atomic mass is 10.1. The van der Waals surface area contributed by atoms with Gasteiger partial charge in [0.15, 0.2) is 0 Å². The number of halogens is 2. The Hall–Kier alpha value is -2.10. The summed E-state index contributed by atoms with van der Waals surface area (Å²) in [6.07, 6.45) is 0.107. The van der Waals surface area contributed by atoms with E-state index < -0.39 is 11.6 Å². The molecule has 112 valence electrons. The fraction of sp³-hybridized carbons (Fsp3) is 0.294. The van der Waals surface area contributed by atoms with Gasteiger partial charge in [0, 0.05) is 17.8 Å². The molecular formula is C17H19F2NO. The van der Waals surface area contributed by atoms with Crippen LogP contribution in [0.1, 0.15) is 25.0 Å². The fourth-order valence-corrected chi connectivity index (χ4v) is 2.06. The molecule has 0 spiro atoms. The molecule has 0 aromatic heterocycles. The number of hydrogen-bond acceptors (Lipinski definition) is 2. The summed E-state index contributed by atoms with van der Waals surface area (Å²) in [7, 11) is 0. The minimum Gasteiger partial charge on any atom is -0.491 e. The Bertz CT molecular complexity index is 606. The zero-order chi connectivity index (χ0) is 15.4. The van der Waals surface area contributed by atoms with Gasteiger partial charge in [-0.25, -0.2) is 8.78 Å². The zero-order valence-electron chi connectivity index (χ0n) is 12.4. The summed E-state index contributed by atoms with van der Waals surface area (Å²) >= 11 is 0. The van der Waals surface area contributed by atoms with E-state index in [-0.39, 0.29) is 18.2 Å². The first-order chi connectivity index (χ1) is 9.97. The Labute approximate surface area is 123 Å². The average molecular weight is 291 g/mol. The molecule has 0 radical (unpaired) electrons. The number of hydrogen-bond donors (Lipinski definition) is 1. The Morgan fingerprint density at radius 3 is 2.33 bits per heavy atom. The van der Waals surface area contributed by atoms with E-state index in [0.717, 1.165) is 17.0 Å². The summed E-state index contributed by atoms with van der Waals surface area (Å²) in [4.78, 5) is 0. The summed E-state index contributed by atoms with van der Waals surface area (Å²) in [5.41, 5.74) is 1.83. The molecule has 0 heterocycles.